The largest absolute Gasteiger partial charge is 0.480 e. The molecular formula is C21H25N3O4. The molecule has 0 radical (unpaired) electrons. The summed E-state index contributed by atoms with van der Waals surface area (Å²) in [7, 11) is 1.74. The number of hydrogen-bond donors (Lipinski definition) is 2. The number of ether oxygens (including phenoxy) is 1. The van der Waals surface area contributed by atoms with Crippen molar-refractivity contribution in [2.75, 3.05) is 45.2 Å². The average molecular weight is 383 g/mol. The number of benzene rings is 2. The highest BCUT2D eigenvalue weighted by atomic mass is 16.5. The van der Waals surface area contributed by atoms with E-state index in [0.717, 1.165) is 23.9 Å². The summed E-state index contributed by atoms with van der Waals surface area (Å²) in [6.07, 6.45) is 1.91. The van der Waals surface area contributed by atoms with Gasteiger partial charge in [0.2, 0.25) is 0 Å². The van der Waals surface area contributed by atoms with Crippen LogP contribution >= 0.6 is 0 Å². The molecule has 1 aliphatic carbocycles. The third kappa shape index (κ3) is 3.81. The van der Waals surface area contributed by atoms with Crippen molar-refractivity contribution < 1.29 is 19.4 Å². The Bertz CT molecular complexity index is 904. The topological polar surface area (TPSA) is 82.1 Å². The lowest BCUT2D eigenvalue weighted by Gasteiger charge is -2.34. The van der Waals surface area contributed by atoms with Gasteiger partial charge in [-0.15, -0.1) is 0 Å². The van der Waals surface area contributed by atoms with Crippen molar-refractivity contribution in [1.82, 2.24) is 9.80 Å². The molecule has 1 atom stereocenters. The average Bonchev–Trinajstić information content (AvgIpc) is 3.08. The lowest BCUT2D eigenvalue weighted by atomic mass is 10.0. The molecule has 1 unspecified atom stereocenters. The van der Waals surface area contributed by atoms with Gasteiger partial charge in [-0.05, 0) is 42.5 Å². The van der Waals surface area contributed by atoms with Gasteiger partial charge in [-0.1, -0.05) is 24.3 Å². The fourth-order valence-electron chi connectivity index (χ4n) is 4.21. The summed E-state index contributed by atoms with van der Waals surface area (Å²) >= 11 is 0. The van der Waals surface area contributed by atoms with Crippen molar-refractivity contribution >= 4 is 28.5 Å². The zero-order valence-corrected chi connectivity index (χ0v) is 16.0. The molecule has 0 saturated carbocycles. The van der Waals surface area contributed by atoms with Gasteiger partial charge in [-0.25, -0.2) is 4.79 Å². The minimum atomic E-state index is -0.875. The molecule has 2 N–H and O–H groups in total. The van der Waals surface area contributed by atoms with Crippen LogP contribution in [0.15, 0.2) is 30.3 Å². The summed E-state index contributed by atoms with van der Waals surface area (Å²) in [6, 6.07) is 10.2. The Morgan fingerprint density at radius 3 is 2.82 bits per heavy atom. The fourth-order valence-corrected chi connectivity index (χ4v) is 4.21. The summed E-state index contributed by atoms with van der Waals surface area (Å²) in [5.41, 5.74) is 3.52. The van der Waals surface area contributed by atoms with Gasteiger partial charge in [0.15, 0.2) is 0 Å². The number of amides is 2. The number of carboxylic acid groups (broad SMARTS) is 1. The van der Waals surface area contributed by atoms with Gasteiger partial charge < -0.3 is 20.1 Å². The number of carbonyl (C=O) groups is 2. The number of likely N-dealkylation sites (N-methyl/N-ethyl adjacent to an activating group) is 1. The lowest BCUT2D eigenvalue weighted by molar-refractivity contribution is -0.138. The SMILES string of the molecule is CN(CC(=O)O)CC1CN(C(=O)Nc2ccc3c4c(cccc24)CC3)CCO1. The Labute approximate surface area is 163 Å². The van der Waals surface area contributed by atoms with Crippen molar-refractivity contribution in [2.45, 2.75) is 18.9 Å². The number of nitrogens with one attached hydrogen (secondary N) is 1. The molecule has 28 heavy (non-hydrogen) atoms. The van der Waals surface area contributed by atoms with E-state index < -0.39 is 5.97 Å². The first-order chi connectivity index (χ1) is 13.5. The zero-order chi connectivity index (χ0) is 19.7. The van der Waals surface area contributed by atoms with Gasteiger partial charge in [-0.2, -0.15) is 0 Å². The maximum atomic E-state index is 12.9. The summed E-state index contributed by atoms with van der Waals surface area (Å²) in [5, 5.41) is 14.3. The monoisotopic (exact) mass is 383 g/mol. The molecule has 1 aliphatic heterocycles. The van der Waals surface area contributed by atoms with Gasteiger partial charge in [0.05, 0.1) is 24.9 Å². The number of nitrogens with zero attached hydrogens (tertiary/aromatic N) is 2. The van der Waals surface area contributed by atoms with E-state index in [4.69, 9.17) is 9.84 Å². The van der Waals surface area contributed by atoms with Crippen LogP contribution in [0, 0.1) is 0 Å². The minimum Gasteiger partial charge on any atom is -0.480 e. The molecule has 1 saturated heterocycles. The summed E-state index contributed by atoms with van der Waals surface area (Å²) in [6.45, 7) is 1.83. The Hall–Kier alpha value is -2.64. The predicted octanol–water partition coefficient (Wildman–Crippen LogP) is 2.19. The number of aryl methyl sites for hydroxylation is 2. The molecule has 7 nitrogen and oxygen atoms in total. The first-order valence-corrected chi connectivity index (χ1v) is 9.62. The molecule has 2 amide bonds. The number of carbonyl (C=O) groups excluding carboxylic acids is 1. The van der Waals surface area contributed by atoms with Crippen molar-refractivity contribution in [3.8, 4) is 0 Å². The molecule has 1 fully saturated rings. The number of anilines is 1. The third-order valence-electron chi connectivity index (χ3n) is 5.46. The minimum absolute atomic E-state index is 0.0489. The Balaban J connectivity index is 1.44. The second kappa shape index (κ2) is 7.77. The molecule has 0 aromatic heterocycles. The first-order valence-electron chi connectivity index (χ1n) is 9.62. The van der Waals surface area contributed by atoms with E-state index in [1.54, 1.807) is 16.8 Å². The molecular weight excluding hydrogens is 358 g/mol. The molecule has 2 aromatic carbocycles. The van der Waals surface area contributed by atoms with Crippen LogP contribution in [-0.2, 0) is 22.4 Å². The molecule has 148 valence electrons. The fraction of sp³-hybridized carbons (Fsp3) is 0.429. The number of urea groups is 1. The standard InChI is InChI=1S/C21H25N3O4/c1-23(13-19(25)26)11-16-12-24(9-10-28-16)21(27)22-18-8-7-15-6-5-14-3-2-4-17(18)20(14)15/h2-4,7-8,16H,5-6,9-13H2,1H3,(H,22,27)(H,25,26). The molecule has 7 heteroatoms. The zero-order valence-electron chi connectivity index (χ0n) is 16.0. The highest BCUT2D eigenvalue weighted by molar-refractivity contribution is 6.04. The quantitative estimate of drug-likeness (QED) is 0.827. The number of carboxylic acids is 1. The highest BCUT2D eigenvalue weighted by Gasteiger charge is 2.26. The summed E-state index contributed by atoms with van der Waals surface area (Å²) in [5.74, 6) is -0.875. The van der Waals surface area contributed by atoms with Crippen LogP contribution < -0.4 is 5.32 Å². The maximum absolute atomic E-state index is 12.9. The van der Waals surface area contributed by atoms with Crippen LogP contribution in [0.4, 0.5) is 10.5 Å². The second-order valence-corrected chi connectivity index (χ2v) is 7.57. The van der Waals surface area contributed by atoms with Crippen molar-refractivity contribution in [1.29, 1.82) is 0 Å². The molecule has 2 aromatic rings. The lowest BCUT2D eigenvalue weighted by Crippen LogP contribution is -2.50. The van der Waals surface area contributed by atoms with Crippen LogP contribution in [-0.4, -0.2) is 72.8 Å². The summed E-state index contributed by atoms with van der Waals surface area (Å²) < 4.78 is 5.71. The third-order valence-corrected chi connectivity index (χ3v) is 5.46. The van der Waals surface area contributed by atoms with E-state index in [9.17, 15) is 9.59 Å². The number of rotatable bonds is 5. The van der Waals surface area contributed by atoms with Gasteiger partial charge in [0.25, 0.3) is 0 Å². The normalized spacial score (nSPS) is 18.6. The van der Waals surface area contributed by atoms with Crippen LogP contribution in [0.1, 0.15) is 11.1 Å². The van der Waals surface area contributed by atoms with Gasteiger partial charge in [0, 0.05) is 25.0 Å². The molecule has 2 aliphatic rings. The second-order valence-electron chi connectivity index (χ2n) is 7.57. The molecule has 1 heterocycles. The summed E-state index contributed by atoms with van der Waals surface area (Å²) in [4.78, 5) is 27.1. The van der Waals surface area contributed by atoms with Crippen molar-refractivity contribution in [2.24, 2.45) is 0 Å². The van der Waals surface area contributed by atoms with Crippen molar-refractivity contribution in [3.05, 3.63) is 41.5 Å². The van der Waals surface area contributed by atoms with Gasteiger partial charge in [-0.3, -0.25) is 9.69 Å². The van der Waals surface area contributed by atoms with Gasteiger partial charge in [0.1, 0.15) is 0 Å². The van der Waals surface area contributed by atoms with E-state index in [0.29, 0.717) is 26.2 Å². The van der Waals surface area contributed by atoms with Crippen LogP contribution in [0.3, 0.4) is 0 Å². The highest BCUT2D eigenvalue weighted by Crippen LogP contribution is 2.35. The Kier molecular flexibility index (Phi) is 5.19. The molecule has 0 bridgehead atoms. The van der Waals surface area contributed by atoms with Gasteiger partial charge >= 0.3 is 12.0 Å². The Morgan fingerprint density at radius 1 is 1.25 bits per heavy atom. The number of aliphatic carboxylic acids is 1. The van der Waals surface area contributed by atoms with E-state index in [1.165, 1.54) is 16.5 Å². The van der Waals surface area contributed by atoms with Crippen LogP contribution in [0.25, 0.3) is 10.8 Å². The molecule has 0 spiro atoms. The molecule has 4 rings (SSSR count). The van der Waals surface area contributed by atoms with E-state index in [2.05, 4.69) is 23.5 Å². The van der Waals surface area contributed by atoms with Crippen molar-refractivity contribution in [3.63, 3.8) is 0 Å². The predicted molar refractivity (Wildman–Crippen MR) is 107 cm³/mol. The number of morpholine rings is 1. The van der Waals surface area contributed by atoms with E-state index >= 15 is 0 Å². The van der Waals surface area contributed by atoms with Crippen LogP contribution in [0.5, 0.6) is 0 Å². The first kappa shape index (κ1) is 18.7. The maximum Gasteiger partial charge on any atom is 0.322 e. The van der Waals surface area contributed by atoms with Crippen LogP contribution in [0.2, 0.25) is 0 Å². The van der Waals surface area contributed by atoms with E-state index in [-0.39, 0.29) is 18.7 Å². The number of hydrogen-bond acceptors (Lipinski definition) is 4. The Morgan fingerprint density at radius 2 is 2.04 bits per heavy atom. The smallest absolute Gasteiger partial charge is 0.322 e. The van der Waals surface area contributed by atoms with E-state index in [1.807, 2.05) is 12.1 Å².